The Labute approximate surface area is 178 Å². The molecule has 1 aliphatic rings. The van der Waals surface area contributed by atoms with E-state index in [-0.39, 0.29) is 5.91 Å². The van der Waals surface area contributed by atoms with E-state index in [1.165, 1.54) is 0 Å². The Balaban J connectivity index is 0.000000293. The lowest BCUT2D eigenvalue weighted by Crippen LogP contribution is -2.37. The van der Waals surface area contributed by atoms with Gasteiger partial charge in [-0.1, -0.05) is 18.2 Å². The molecule has 2 aromatic heterocycles. The van der Waals surface area contributed by atoms with E-state index in [4.69, 9.17) is 10.2 Å². The number of hydrogen-bond acceptors (Lipinski definition) is 4. The van der Waals surface area contributed by atoms with Crippen LogP contribution in [0.15, 0.2) is 42.7 Å². The van der Waals surface area contributed by atoms with E-state index in [1.807, 2.05) is 55.0 Å². The number of aliphatic carboxylic acids is 2. The number of carboxylic acids is 2. The minimum Gasteiger partial charge on any atom is -0.478 e. The highest BCUT2D eigenvalue weighted by atomic mass is 16.4. The molecule has 4 rings (SSSR count). The second-order valence-electron chi connectivity index (χ2n) is 7.27. The molecule has 3 heterocycles. The van der Waals surface area contributed by atoms with E-state index in [0.29, 0.717) is 18.7 Å². The van der Waals surface area contributed by atoms with E-state index in [1.54, 1.807) is 0 Å². The summed E-state index contributed by atoms with van der Waals surface area (Å²) in [5.41, 5.74) is 5.22. The normalized spacial score (nSPS) is 13.3. The molecule has 1 amide bonds. The first-order chi connectivity index (χ1) is 14.7. The first kappa shape index (κ1) is 21.8. The minimum absolute atomic E-state index is 0.119. The summed E-state index contributed by atoms with van der Waals surface area (Å²) in [6, 6.07) is 8.14. The lowest BCUT2D eigenvalue weighted by Gasteiger charge is -2.27. The minimum atomic E-state index is -1.26. The van der Waals surface area contributed by atoms with Crippen molar-refractivity contribution in [1.29, 1.82) is 0 Å². The van der Waals surface area contributed by atoms with Gasteiger partial charge in [-0.05, 0) is 13.0 Å². The van der Waals surface area contributed by atoms with E-state index < -0.39 is 11.9 Å². The highest BCUT2D eigenvalue weighted by molar-refractivity contribution is 6.09. The van der Waals surface area contributed by atoms with E-state index in [2.05, 4.69) is 15.6 Å². The Bertz CT molecular complexity index is 1170. The fraction of sp³-hybridized carbons (Fsp3) is 0.273. The molecule has 0 bridgehead atoms. The summed E-state index contributed by atoms with van der Waals surface area (Å²) in [7, 11) is 4.03. The molecule has 2 N–H and O–H groups in total. The molecule has 0 saturated carbocycles. The number of rotatable bonds is 4. The Kier molecular flexibility index (Phi) is 6.24. The van der Waals surface area contributed by atoms with Gasteiger partial charge >= 0.3 is 11.9 Å². The first-order valence-electron chi connectivity index (χ1n) is 9.67. The molecule has 0 saturated heterocycles. The molecule has 9 heteroatoms. The first-order valence-corrected chi connectivity index (χ1v) is 9.67. The SMILES string of the molecule is Cc1c(CN2CCc3c(c4ccccc4n3C)C2=O)ncn1C.O=C(O)/C=C\C(=O)O. The van der Waals surface area contributed by atoms with Crippen molar-refractivity contribution in [2.75, 3.05) is 6.54 Å². The van der Waals surface area contributed by atoms with Crippen LogP contribution in [0.25, 0.3) is 10.9 Å². The van der Waals surface area contributed by atoms with Crippen LogP contribution in [-0.2, 0) is 36.6 Å². The third kappa shape index (κ3) is 4.50. The van der Waals surface area contributed by atoms with Crippen LogP contribution in [0.4, 0.5) is 0 Å². The molecule has 0 unspecified atom stereocenters. The van der Waals surface area contributed by atoms with Gasteiger partial charge in [0.1, 0.15) is 0 Å². The van der Waals surface area contributed by atoms with Gasteiger partial charge in [0.15, 0.2) is 0 Å². The highest BCUT2D eigenvalue weighted by Crippen LogP contribution is 2.30. The van der Waals surface area contributed by atoms with Gasteiger partial charge in [0.2, 0.25) is 0 Å². The lowest BCUT2D eigenvalue weighted by atomic mass is 10.0. The van der Waals surface area contributed by atoms with Crippen molar-refractivity contribution >= 4 is 28.7 Å². The topological polar surface area (TPSA) is 118 Å². The van der Waals surface area contributed by atoms with Crippen LogP contribution in [0.3, 0.4) is 0 Å². The van der Waals surface area contributed by atoms with Crippen LogP contribution in [-0.4, -0.2) is 53.6 Å². The molecule has 3 aromatic rings. The summed E-state index contributed by atoms with van der Waals surface area (Å²) in [4.78, 5) is 38.5. The molecule has 162 valence electrons. The second kappa shape index (κ2) is 8.86. The maximum absolute atomic E-state index is 13.0. The summed E-state index contributed by atoms with van der Waals surface area (Å²) < 4.78 is 4.15. The Morgan fingerprint density at radius 3 is 2.35 bits per heavy atom. The van der Waals surface area contributed by atoms with Crippen molar-refractivity contribution in [1.82, 2.24) is 19.0 Å². The second-order valence-corrected chi connectivity index (χ2v) is 7.27. The number of imidazole rings is 1. The number of fused-ring (bicyclic) bond motifs is 3. The van der Waals surface area contributed by atoms with Crippen molar-refractivity contribution in [3.63, 3.8) is 0 Å². The van der Waals surface area contributed by atoms with Crippen LogP contribution < -0.4 is 0 Å². The molecule has 0 atom stereocenters. The number of benzene rings is 1. The van der Waals surface area contributed by atoms with Gasteiger partial charge < -0.3 is 24.2 Å². The maximum Gasteiger partial charge on any atom is 0.328 e. The third-order valence-corrected chi connectivity index (χ3v) is 5.39. The summed E-state index contributed by atoms with van der Waals surface area (Å²) in [6.07, 6.45) is 3.81. The predicted molar refractivity (Wildman–Crippen MR) is 114 cm³/mol. The molecule has 0 fully saturated rings. The Morgan fingerprint density at radius 1 is 1.13 bits per heavy atom. The van der Waals surface area contributed by atoms with Crippen LogP contribution in [0.1, 0.15) is 27.4 Å². The number of aromatic nitrogens is 3. The quantitative estimate of drug-likeness (QED) is 0.620. The molecule has 1 aliphatic heterocycles. The molecule has 9 nitrogen and oxygen atoms in total. The molecular weight excluding hydrogens is 400 g/mol. The van der Waals surface area contributed by atoms with Gasteiger partial charge in [-0.15, -0.1) is 0 Å². The summed E-state index contributed by atoms with van der Waals surface area (Å²) in [5.74, 6) is -2.40. The molecular formula is C22H24N4O5. The monoisotopic (exact) mass is 424 g/mol. The molecule has 0 aliphatic carbocycles. The van der Waals surface area contributed by atoms with Crippen LogP contribution in [0.5, 0.6) is 0 Å². The fourth-order valence-electron chi connectivity index (χ4n) is 3.65. The van der Waals surface area contributed by atoms with Crippen molar-refractivity contribution < 1.29 is 24.6 Å². The maximum atomic E-state index is 13.0. The number of carbonyl (C=O) groups is 3. The van der Waals surface area contributed by atoms with Crippen molar-refractivity contribution in [2.24, 2.45) is 14.1 Å². The van der Waals surface area contributed by atoms with E-state index in [0.717, 1.165) is 46.5 Å². The largest absolute Gasteiger partial charge is 0.478 e. The van der Waals surface area contributed by atoms with Gasteiger partial charge in [0, 0.05) is 61.5 Å². The van der Waals surface area contributed by atoms with Gasteiger partial charge in [-0.3, -0.25) is 4.79 Å². The molecule has 31 heavy (non-hydrogen) atoms. The third-order valence-electron chi connectivity index (χ3n) is 5.39. The summed E-state index contributed by atoms with van der Waals surface area (Å²) in [6.45, 7) is 3.36. The standard InChI is InChI=1S/C18H20N4O.C4H4O4/c1-12-14(19-11-20(12)2)10-22-9-8-16-17(18(22)23)13-6-4-5-7-15(13)21(16)3;5-3(6)1-2-4(7)8/h4-7,11H,8-10H2,1-3H3;1-2H,(H,5,6)(H,7,8)/b;2-1-. The van der Waals surface area contributed by atoms with Gasteiger partial charge in [-0.25, -0.2) is 14.6 Å². The van der Waals surface area contributed by atoms with E-state index in [9.17, 15) is 14.4 Å². The number of carbonyl (C=O) groups excluding carboxylic acids is 1. The predicted octanol–water partition coefficient (Wildman–Crippen LogP) is 2.13. The van der Waals surface area contributed by atoms with Gasteiger partial charge in [0.05, 0.1) is 24.1 Å². The fourth-order valence-corrected chi connectivity index (χ4v) is 3.65. The molecule has 0 spiro atoms. The Hall–Kier alpha value is -3.88. The van der Waals surface area contributed by atoms with Gasteiger partial charge in [0.25, 0.3) is 5.91 Å². The highest BCUT2D eigenvalue weighted by Gasteiger charge is 2.30. The zero-order chi connectivity index (χ0) is 22.7. The van der Waals surface area contributed by atoms with Crippen LogP contribution >= 0.6 is 0 Å². The van der Waals surface area contributed by atoms with Crippen LogP contribution in [0.2, 0.25) is 0 Å². The van der Waals surface area contributed by atoms with E-state index >= 15 is 0 Å². The number of nitrogens with zero attached hydrogens (tertiary/aromatic N) is 4. The van der Waals surface area contributed by atoms with Crippen molar-refractivity contribution in [3.8, 4) is 0 Å². The van der Waals surface area contributed by atoms with Crippen LogP contribution in [0, 0.1) is 6.92 Å². The lowest BCUT2D eigenvalue weighted by molar-refractivity contribution is -0.134. The summed E-state index contributed by atoms with van der Waals surface area (Å²) in [5, 5.41) is 16.7. The Morgan fingerprint density at radius 2 is 1.77 bits per heavy atom. The molecule has 0 radical (unpaired) electrons. The zero-order valence-electron chi connectivity index (χ0n) is 17.6. The average molecular weight is 424 g/mol. The number of amides is 1. The molecule has 1 aromatic carbocycles. The number of para-hydroxylation sites is 1. The summed E-state index contributed by atoms with van der Waals surface area (Å²) >= 11 is 0. The number of carboxylic acid groups (broad SMARTS) is 2. The number of hydrogen-bond donors (Lipinski definition) is 2. The number of aryl methyl sites for hydroxylation is 2. The van der Waals surface area contributed by atoms with Crippen molar-refractivity contribution in [3.05, 3.63) is 65.4 Å². The smallest absolute Gasteiger partial charge is 0.328 e. The average Bonchev–Trinajstić information content (AvgIpc) is 3.21. The van der Waals surface area contributed by atoms with Gasteiger partial charge in [-0.2, -0.15) is 0 Å². The zero-order valence-corrected chi connectivity index (χ0v) is 17.6. The van der Waals surface area contributed by atoms with Crippen molar-refractivity contribution in [2.45, 2.75) is 19.9 Å².